The van der Waals surface area contributed by atoms with Gasteiger partial charge in [0.2, 0.25) is 0 Å². The van der Waals surface area contributed by atoms with Gasteiger partial charge in [-0.25, -0.2) is 9.07 Å². The summed E-state index contributed by atoms with van der Waals surface area (Å²) in [6.45, 7) is 3.78. The Bertz CT molecular complexity index is 1130. The fraction of sp³-hybridized carbons (Fsp3) is 0.273. The Morgan fingerprint density at radius 2 is 1.97 bits per heavy atom. The maximum atomic E-state index is 13.4. The van der Waals surface area contributed by atoms with E-state index in [-0.39, 0.29) is 28.4 Å². The third-order valence-electron chi connectivity index (χ3n) is 5.05. The molecular formula is C22H21FN4O2. The molecule has 2 aromatic heterocycles. The van der Waals surface area contributed by atoms with Crippen molar-refractivity contribution in [1.29, 1.82) is 0 Å². The van der Waals surface area contributed by atoms with Crippen molar-refractivity contribution in [2.75, 3.05) is 5.32 Å². The number of benzene rings is 1. The van der Waals surface area contributed by atoms with E-state index >= 15 is 0 Å². The van der Waals surface area contributed by atoms with Crippen LogP contribution < -0.4 is 10.9 Å². The quantitative estimate of drug-likeness (QED) is 0.639. The summed E-state index contributed by atoms with van der Waals surface area (Å²) in [6, 6.07) is 7.58. The van der Waals surface area contributed by atoms with Crippen molar-refractivity contribution in [2.24, 2.45) is 5.92 Å². The monoisotopic (exact) mass is 392 g/mol. The van der Waals surface area contributed by atoms with Crippen LogP contribution in [0.1, 0.15) is 35.7 Å². The lowest BCUT2D eigenvalue weighted by Gasteiger charge is -2.17. The van der Waals surface area contributed by atoms with Crippen molar-refractivity contribution in [1.82, 2.24) is 14.8 Å². The Labute approximate surface area is 167 Å². The number of anilines is 2. The van der Waals surface area contributed by atoms with Gasteiger partial charge in [-0.1, -0.05) is 0 Å². The summed E-state index contributed by atoms with van der Waals surface area (Å²) in [7, 11) is 0. The third-order valence-corrected chi connectivity index (χ3v) is 5.05. The van der Waals surface area contributed by atoms with Crippen LogP contribution in [0.2, 0.25) is 0 Å². The predicted molar refractivity (Wildman–Crippen MR) is 109 cm³/mol. The number of carbonyl (C=O) groups excluding carboxylic acids is 1. The standard InChI is InChI=1S/C22H21FN4O2/c1-13-9-10-24-11-18(13)25-21-19(14(2)28)20(16-5-7-17(23)8-6-16)26-27(22(21)29)12-15-3-4-15/h5-11,15,25H,3-4,12H2,1-2H3. The first-order chi connectivity index (χ1) is 13.9. The zero-order chi connectivity index (χ0) is 20.5. The van der Waals surface area contributed by atoms with Crippen molar-refractivity contribution in [2.45, 2.75) is 33.2 Å². The van der Waals surface area contributed by atoms with Gasteiger partial charge in [0, 0.05) is 18.3 Å². The van der Waals surface area contributed by atoms with E-state index in [0.717, 1.165) is 18.4 Å². The number of nitrogens with one attached hydrogen (secondary N) is 1. The summed E-state index contributed by atoms with van der Waals surface area (Å²) in [6.07, 6.45) is 5.38. The van der Waals surface area contributed by atoms with Crippen molar-refractivity contribution < 1.29 is 9.18 Å². The summed E-state index contributed by atoms with van der Waals surface area (Å²) in [5, 5.41) is 7.62. The van der Waals surface area contributed by atoms with Gasteiger partial charge in [-0.2, -0.15) is 5.10 Å². The van der Waals surface area contributed by atoms with Gasteiger partial charge in [0.05, 0.1) is 17.4 Å². The van der Waals surface area contributed by atoms with Crippen LogP contribution in [-0.2, 0) is 6.54 Å². The van der Waals surface area contributed by atoms with Gasteiger partial charge in [-0.15, -0.1) is 0 Å². The van der Waals surface area contributed by atoms with Crippen molar-refractivity contribution >= 4 is 17.2 Å². The number of nitrogens with zero attached hydrogens (tertiary/aromatic N) is 3. The molecule has 0 unspecified atom stereocenters. The van der Waals surface area contributed by atoms with Crippen LogP contribution in [0.5, 0.6) is 0 Å². The first-order valence-electron chi connectivity index (χ1n) is 9.53. The molecule has 4 rings (SSSR count). The molecule has 1 fully saturated rings. The maximum Gasteiger partial charge on any atom is 0.291 e. The molecule has 1 aromatic carbocycles. The van der Waals surface area contributed by atoms with Crippen molar-refractivity contribution in [3.05, 3.63) is 70.0 Å². The second kappa shape index (κ2) is 7.58. The van der Waals surface area contributed by atoms with Gasteiger partial charge < -0.3 is 5.32 Å². The highest BCUT2D eigenvalue weighted by Gasteiger charge is 2.27. The minimum Gasteiger partial charge on any atom is -0.349 e. The molecule has 6 nitrogen and oxygen atoms in total. The average molecular weight is 392 g/mol. The van der Waals surface area contributed by atoms with Gasteiger partial charge in [0.1, 0.15) is 17.2 Å². The summed E-state index contributed by atoms with van der Waals surface area (Å²) < 4.78 is 14.8. The smallest absolute Gasteiger partial charge is 0.291 e. The molecule has 0 amide bonds. The first kappa shape index (κ1) is 19.0. The minimum absolute atomic E-state index is 0.170. The largest absolute Gasteiger partial charge is 0.349 e. The van der Waals surface area contributed by atoms with Gasteiger partial charge in [0.15, 0.2) is 5.78 Å². The summed E-state index contributed by atoms with van der Waals surface area (Å²) in [5.41, 5.74) is 2.48. The number of carbonyl (C=O) groups is 1. The molecule has 1 aliphatic carbocycles. The Balaban J connectivity index is 1.94. The van der Waals surface area contributed by atoms with Gasteiger partial charge in [0.25, 0.3) is 5.56 Å². The average Bonchev–Trinajstić information content (AvgIpc) is 3.51. The van der Waals surface area contributed by atoms with E-state index in [2.05, 4.69) is 15.4 Å². The van der Waals surface area contributed by atoms with Crippen LogP contribution >= 0.6 is 0 Å². The van der Waals surface area contributed by atoms with Gasteiger partial charge >= 0.3 is 0 Å². The van der Waals surface area contributed by atoms with Crippen LogP contribution in [0.15, 0.2) is 47.5 Å². The molecular weight excluding hydrogens is 371 g/mol. The van der Waals surface area contributed by atoms with Gasteiger partial charge in [-0.3, -0.25) is 14.6 Å². The second-order valence-corrected chi connectivity index (χ2v) is 7.41. The Hall–Kier alpha value is -3.35. The lowest BCUT2D eigenvalue weighted by Crippen LogP contribution is -2.29. The molecule has 0 bridgehead atoms. The summed E-state index contributed by atoms with van der Waals surface area (Å²) >= 11 is 0. The van der Waals surface area contributed by atoms with Crippen LogP contribution in [0.3, 0.4) is 0 Å². The van der Waals surface area contributed by atoms with E-state index in [4.69, 9.17) is 0 Å². The fourth-order valence-electron chi connectivity index (χ4n) is 3.24. The maximum absolute atomic E-state index is 13.4. The zero-order valence-electron chi connectivity index (χ0n) is 16.3. The van der Waals surface area contributed by atoms with E-state index < -0.39 is 0 Å². The number of ketones is 1. The molecule has 3 aromatic rings. The number of rotatable bonds is 6. The number of hydrogen-bond donors (Lipinski definition) is 1. The molecule has 0 saturated heterocycles. The fourth-order valence-corrected chi connectivity index (χ4v) is 3.24. The molecule has 0 aliphatic heterocycles. The zero-order valence-corrected chi connectivity index (χ0v) is 16.3. The highest BCUT2D eigenvalue weighted by atomic mass is 19.1. The molecule has 7 heteroatoms. The topological polar surface area (TPSA) is 76.9 Å². The summed E-state index contributed by atoms with van der Waals surface area (Å²) in [5.74, 6) is -0.261. The van der Waals surface area contributed by atoms with Crippen molar-refractivity contribution in [3.8, 4) is 11.3 Å². The van der Waals surface area contributed by atoms with E-state index in [9.17, 15) is 14.0 Å². The number of hydrogen-bond acceptors (Lipinski definition) is 5. The normalized spacial score (nSPS) is 13.3. The van der Waals surface area contributed by atoms with E-state index in [1.165, 1.54) is 23.7 Å². The number of aromatic nitrogens is 3. The Morgan fingerprint density at radius 3 is 2.59 bits per heavy atom. The third kappa shape index (κ3) is 3.94. The lowest BCUT2D eigenvalue weighted by molar-refractivity contribution is 0.101. The minimum atomic E-state index is -0.381. The molecule has 0 radical (unpaired) electrons. The molecule has 1 N–H and O–H groups in total. The second-order valence-electron chi connectivity index (χ2n) is 7.41. The number of halogens is 1. The number of aryl methyl sites for hydroxylation is 1. The molecule has 2 heterocycles. The molecule has 0 atom stereocenters. The lowest BCUT2D eigenvalue weighted by atomic mass is 10.0. The first-order valence-corrected chi connectivity index (χ1v) is 9.53. The SMILES string of the molecule is CC(=O)c1c(-c2ccc(F)cc2)nn(CC2CC2)c(=O)c1Nc1cnccc1C. The van der Waals surface area contributed by atoms with E-state index in [1.807, 2.05) is 13.0 Å². The Morgan fingerprint density at radius 1 is 1.24 bits per heavy atom. The van der Waals surface area contributed by atoms with Crippen LogP contribution in [0.25, 0.3) is 11.3 Å². The van der Waals surface area contributed by atoms with E-state index in [0.29, 0.717) is 29.4 Å². The molecule has 0 spiro atoms. The summed E-state index contributed by atoms with van der Waals surface area (Å²) in [4.78, 5) is 29.9. The Kier molecular flexibility index (Phi) is 4.96. The molecule has 1 aliphatic rings. The number of pyridine rings is 1. The van der Waals surface area contributed by atoms with Crippen LogP contribution in [0, 0.1) is 18.7 Å². The molecule has 29 heavy (non-hydrogen) atoms. The van der Waals surface area contributed by atoms with Crippen molar-refractivity contribution in [3.63, 3.8) is 0 Å². The van der Waals surface area contributed by atoms with Crippen LogP contribution in [-0.4, -0.2) is 20.5 Å². The number of Topliss-reactive ketones (excluding diaryl/α,β-unsaturated/α-hetero) is 1. The van der Waals surface area contributed by atoms with Crippen LogP contribution in [0.4, 0.5) is 15.8 Å². The van der Waals surface area contributed by atoms with Gasteiger partial charge in [-0.05, 0) is 68.5 Å². The predicted octanol–water partition coefficient (Wildman–Crippen LogP) is 4.11. The highest BCUT2D eigenvalue weighted by molar-refractivity contribution is 6.05. The molecule has 148 valence electrons. The van der Waals surface area contributed by atoms with E-state index in [1.54, 1.807) is 24.5 Å². The highest BCUT2D eigenvalue weighted by Crippen LogP contribution is 2.32. The molecule has 1 saturated carbocycles.